The van der Waals surface area contributed by atoms with E-state index < -0.39 is 19.3 Å². The molecule has 0 heterocycles. The predicted molar refractivity (Wildman–Crippen MR) is 99.2 cm³/mol. The van der Waals surface area contributed by atoms with Crippen molar-refractivity contribution in [3.63, 3.8) is 0 Å². The minimum atomic E-state index is -3.63. The zero-order valence-corrected chi connectivity index (χ0v) is 14.5. The van der Waals surface area contributed by atoms with Gasteiger partial charge in [0.2, 0.25) is 7.37 Å². The van der Waals surface area contributed by atoms with E-state index in [0.717, 1.165) is 16.3 Å². The third-order valence-corrected chi connectivity index (χ3v) is 6.01. The van der Waals surface area contributed by atoms with E-state index in [2.05, 4.69) is 0 Å². The highest BCUT2D eigenvalue weighted by atomic mass is 31.2. The van der Waals surface area contributed by atoms with Gasteiger partial charge in [0.05, 0.1) is 5.92 Å². The maximum Gasteiger partial charge on any atom is 0.311 e. The minimum absolute atomic E-state index is 0.0226. The summed E-state index contributed by atoms with van der Waals surface area (Å²) in [5.74, 6) is -2.10. The van der Waals surface area contributed by atoms with Crippen molar-refractivity contribution in [2.75, 3.05) is 6.16 Å². The molecule has 5 heteroatoms. The molecule has 3 aromatic carbocycles. The average molecular weight is 354 g/mol. The van der Waals surface area contributed by atoms with Crippen molar-refractivity contribution < 1.29 is 19.4 Å². The van der Waals surface area contributed by atoms with Crippen molar-refractivity contribution in [3.05, 3.63) is 83.9 Å². The first-order valence-electron chi connectivity index (χ1n) is 8.01. The van der Waals surface area contributed by atoms with Crippen molar-refractivity contribution in [2.45, 2.75) is 12.1 Å². The molecule has 0 fully saturated rings. The number of carbonyl (C=O) groups is 1. The van der Waals surface area contributed by atoms with Gasteiger partial charge in [0.25, 0.3) is 0 Å². The molecule has 3 aromatic rings. The zero-order valence-electron chi connectivity index (χ0n) is 13.6. The van der Waals surface area contributed by atoms with E-state index in [4.69, 9.17) is 0 Å². The molecule has 0 radical (unpaired) electrons. The van der Waals surface area contributed by atoms with Gasteiger partial charge in [-0.25, -0.2) is 0 Å². The molecule has 0 aromatic heterocycles. The normalized spacial score (nSPS) is 14.8. The molecule has 0 aliphatic rings. The lowest BCUT2D eigenvalue weighted by molar-refractivity contribution is -0.138. The lowest BCUT2D eigenvalue weighted by atomic mass is 9.98. The third-order valence-electron chi connectivity index (χ3n) is 4.21. The zero-order chi connectivity index (χ0) is 17.9. The molecule has 2 atom stereocenters. The summed E-state index contributed by atoms with van der Waals surface area (Å²) in [6.07, 6.45) is -0.305. The van der Waals surface area contributed by atoms with Crippen LogP contribution in [0.15, 0.2) is 72.8 Å². The molecular formula is C20H19O4P. The van der Waals surface area contributed by atoms with E-state index in [1.807, 2.05) is 36.4 Å². The second-order valence-corrected chi connectivity index (χ2v) is 8.54. The lowest BCUT2D eigenvalue weighted by Gasteiger charge is -2.18. The van der Waals surface area contributed by atoms with Crippen LogP contribution in [0.25, 0.3) is 10.8 Å². The molecule has 0 spiro atoms. The van der Waals surface area contributed by atoms with E-state index in [9.17, 15) is 19.4 Å². The Morgan fingerprint density at radius 3 is 2.24 bits per heavy atom. The number of aliphatic carboxylic acids is 1. The fourth-order valence-corrected chi connectivity index (χ4v) is 4.82. The van der Waals surface area contributed by atoms with Crippen LogP contribution in [0.3, 0.4) is 0 Å². The maximum absolute atomic E-state index is 12.6. The fraction of sp³-hybridized carbons (Fsp3) is 0.150. The lowest BCUT2D eigenvalue weighted by Crippen LogP contribution is -2.16. The molecule has 3 rings (SSSR count). The number of rotatable bonds is 6. The van der Waals surface area contributed by atoms with Crippen molar-refractivity contribution in [2.24, 2.45) is 0 Å². The van der Waals surface area contributed by atoms with E-state index in [0.29, 0.717) is 5.56 Å². The maximum atomic E-state index is 12.6. The Balaban J connectivity index is 1.87. The van der Waals surface area contributed by atoms with E-state index in [1.165, 1.54) is 0 Å². The molecule has 0 aliphatic carbocycles. The Kier molecular flexibility index (Phi) is 5.03. The van der Waals surface area contributed by atoms with Crippen molar-refractivity contribution in [1.29, 1.82) is 0 Å². The topological polar surface area (TPSA) is 74.6 Å². The Morgan fingerprint density at radius 1 is 0.920 bits per heavy atom. The van der Waals surface area contributed by atoms with Gasteiger partial charge >= 0.3 is 5.97 Å². The van der Waals surface area contributed by atoms with Gasteiger partial charge in [0, 0.05) is 12.3 Å². The monoisotopic (exact) mass is 354 g/mol. The molecule has 2 unspecified atom stereocenters. The van der Waals surface area contributed by atoms with Crippen molar-refractivity contribution >= 4 is 24.1 Å². The molecular weight excluding hydrogens is 335 g/mol. The van der Waals surface area contributed by atoms with E-state index in [1.54, 1.807) is 36.4 Å². The van der Waals surface area contributed by atoms with Gasteiger partial charge in [-0.05, 0) is 21.9 Å². The smallest absolute Gasteiger partial charge is 0.311 e. The summed E-state index contributed by atoms with van der Waals surface area (Å²) in [5, 5.41) is 11.5. The molecule has 0 aliphatic heterocycles. The van der Waals surface area contributed by atoms with E-state index in [-0.39, 0.29) is 12.3 Å². The summed E-state index contributed by atoms with van der Waals surface area (Å²) >= 11 is 0. The van der Waals surface area contributed by atoms with Crippen molar-refractivity contribution in [1.82, 2.24) is 0 Å². The SMILES string of the molecule is O=C(O)C(CP(=O)(O)Cc1ccccc1)c1ccc2ccccc2c1. The van der Waals surface area contributed by atoms with Crippen LogP contribution in [0.1, 0.15) is 17.0 Å². The molecule has 128 valence electrons. The van der Waals surface area contributed by atoms with Crippen LogP contribution in [0, 0.1) is 0 Å². The molecule has 0 saturated heterocycles. The number of hydrogen-bond acceptors (Lipinski definition) is 2. The molecule has 0 saturated carbocycles. The second-order valence-electron chi connectivity index (χ2n) is 6.17. The molecule has 25 heavy (non-hydrogen) atoms. The van der Waals surface area contributed by atoms with E-state index >= 15 is 0 Å². The molecule has 2 N–H and O–H groups in total. The van der Waals surface area contributed by atoms with Crippen LogP contribution < -0.4 is 0 Å². The summed E-state index contributed by atoms with van der Waals surface area (Å²) in [5.41, 5.74) is 1.28. The van der Waals surface area contributed by atoms with Gasteiger partial charge in [0.1, 0.15) is 0 Å². The average Bonchev–Trinajstić information content (AvgIpc) is 2.59. The number of fused-ring (bicyclic) bond motifs is 1. The summed E-state index contributed by atoms with van der Waals surface area (Å²) in [6, 6.07) is 22.0. The number of benzene rings is 3. The van der Waals surface area contributed by atoms with Crippen molar-refractivity contribution in [3.8, 4) is 0 Å². The van der Waals surface area contributed by atoms with Crippen LogP contribution in [0.2, 0.25) is 0 Å². The number of hydrogen-bond donors (Lipinski definition) is 2. The first-order chi connectivity index (χ1) is 11.9. The summed E-state index contributed by atoms with van der Waals surface area (Å²) < 4.78 is 12.6. The van der Waals surface area contributed by atoms with Gasteiger partial charge < -0.3 is 10.00 Å². The number of carboxylic acid groups (broad SMARTS) is 1. The summed E-state index contributed by atoms with van der Waals surface area (Å²) in [4.78, 5) is 22.1. The van der Waals surface area contributed by atoms with Crippen LogP contribution >= 0.6 is 7.37 Å². The summed E-state index contributed by atoms with van der Waals surface area (Å²) in [6.45, 7) is 0. The Hall–Kier alpha value is -2.42. The van der Waals surface area contributed by atoms with Gasteiger partial charge in [0.15, 0.2) is 0 Å². The highest BCUT2D eigenvalue weighted by Crippen LogP contribution is 2.48. The highest BCUT2D eigenvalue weighted by molar-refractivity contribution is 7.57. The van der Waals surface area contributed by atoms with Gasteiger partial charge in [-0.15, -0.1) is 0 Å². The second kappa shape index (κ2) is 7.22. The largest absolute Gasteiger partial charge is 0.481 e. The standard InChI is InChI=1S/C20H19O4P/c21-20(22)19(14-25(23,24)13-15-6-2-1-3-7-15)18-11-10-16-8-4-5-9-17(16)12-18/h1-12,19H,13-14H2,(H,21,22)(H,23,24). The van der Waals surface area contributed by atoms with Crippen LogP contribution in [0.4, 0.5) is 0 Å². The summed E-state index contributed by atoms with van der Waals surface area (Å²) in [7, 11) is -3.63. The molecule has 4 nitrogen and oxygen atoms in total. The Morgan fingerprint density at radius 2 is 1.56 bits per heavy atom. The third kappa shape index (κ3) is 4.36. The molecule has 0 bridgehead atoms. The first kappa shape index (κ1) is 17.4. The number of carboxylic acids is 1. The highest BCUT2D eigenvalue weighted by Gasteiger charge is 2.30. The fourth-order valence-electron chi connectivity index (χ4n) is 2.97. The van der Waals surface area contributed by atoms with Crippen LogP contribution in [-0.2, 0) is 15.5 Å². The Bertz CT molecular complexity index is 937. The van der Waals surface area contributed by atoms with Crippen LogP contribution in [0.5, 0.6) is 0 Å². The van der Waals surface area contributed by atoms with Crippen LogP contribution in [-0.4, -0.2) is 22.1 Å². The predicted octanol–water partition coefficient (Wildman–Crippen LogP) is 4.48. The van der Waals surface area contributed by atoms with Gasteiger partial charge in [-0.2, -0.15) is 0 Å². The quantitative estimate of drug-likeness (QED) is 0.640. The first-order valence-corrected chi connectivity index (χ1v) is 10.0. The minimum Gasteiger partial charge on any atom is -0.481 e. The van der Waals surface area contributed by atoms with Gasteiger partial charge in [-0.3, -0.25) is 9.36 Å². The van der Waals surface area contributed by atoms with Gasteiger partial charge in [-0.1, -0.05) is 72.8 Å². The molecule has 0 amide bonds. The Labute approximate surface area is 146 Å².